The van der Waals surface area contributed by atoms with Crippen LogP contribution in [0.25, 0.3) is 0 Å². The number of aliphatic carboxylic acids is 1. The molecule has 0 aromatic heterocycles. The van der Waals surface area contributed by atoms with Gasteiger partial charge in [-0.25, -0.2) is 0 Å². The van der Waals surface area contributed by atoms with Gasteiger partial charge in [-0.15, -0.1) is 0 Å². The lowest BCUT2D eigenvalue weighted by Gasteiger charge is -2.47. The number of hydrogen-bond acceptors (Lipinski definition) is 4. The fourth-order valence-corrected chi connectivity index (χ4v) is 3.20. The van der Waals surface area contributed by atoms with Gasteiger partial charge in [0.05, 0.1) is 12.6 Å². The number of aryl methyl sites for hydroxylation is 1. The molecule has 0 saturated heterocycles. The number of para-hydroxylation sites is 1. The van der Waals surface area contributed by atoms with Crippen LogP contribution in [0, 0.1) is 0 Å². The molecule has 2 atom stereocenters. The molecule has 1 heterocycles. The largest absolute Gasteiger partial charge is 0.485 e. The Labute approximate surface area is 125 Å². The lowest BCUT2D eigenvalue weighted by Crippen LogP contribution is -2.57. The number of fused-ring (bicyclic) bond motifs is 1. The molecule has 0 fully saturated rings. The summed E-state index contributed by atoms with van der Waals surface area (Å²) in [6.07, 6.45) is 0.0429. The van der Waals surface area contributed by atoms with Crippen molar-refractivity contribution in [3.63, 3.8) is 0 Å². The molecule has 2 N–H and O–H groups in total. The highest BCUT2D eigenvalue weighted by Gasteiger charge is 2.46. The third kappa shape index (κ3) is 2.89. The van der Waals surface area contributed by atoms with Gasteiger partial charge in [0.2, 0.25) is 0 Å². The summed E-state index contributed by atoms with van der Waals surface area (Å²) < 4.78 is 6.13. The highest BCUT2D eigenvalue weighted by molar-refractivity contribution is 5.69. The number of carboxylic acids is 1. The minimum absolute atomic E-state index is 0.142. The molecule has 0 bridgehead atoms. The maximum absolute atomic E-state index is 11.0. The Morgan fingerprint density at radius 1 is 1.43 bits per heavy atom. The van der Waals surface area contributed by atoms with Gasteiger partial charge < -0.3 is 14.9 Å². The van der Waals surface area contributed by atoms with Crippen molar-refractivity contribution >= 4 is 5.97 Å². The summed E-state index contributed by atoms with van der Waals surface area (Å²) in [7, 11) is 1.70. The van der Waals surface area contributed by atoms with Crippen LogP contribution in [0.1, 0.15) is 38.0 Å². The Balaban J connectivity index is 2.43. The van der Waals surface area contributed by atoms with Crippen molar-refractivity contribution in [1.29, 1.82) is 0 Å². The number of carbonyl (C=O) groups is 1. The van der Waals surface area contributed by atoms with Crippen molar-refractivity contribution in [1.82, 2.24) is 4.90 Å². The molecular weight excluding hydrogens is 270 g/mol. The van der Waals surface area contributed by atoms with Crippen molar-refractivity contribution in [2.24, 2.45) is 0 Å². The number of nitrogens with zero attached hydrogens (tertiary/aromatic N) is 1. The second-order valence-electron chi connectivity index (χ2n) is 6.09. The topological polar surface area (TPSA) is 70.0 Å². The molecule has 0 saturated carbocycles. The zero-order valence-corrected chi connectivity index (χ0v) is 13.0. The fraction of sp³-hybridized carbons (Fsp3) is 0.562. The first-order valence-electron chi connectivity index (χ1n) is 7.18. The molecule has 5 heteroatoms. The monoisotopic (exact) mass is 293 g/mol. The van der Waals surface area contributed by atoms with E-state index >= 15 is 0 Å². The van der Waals surface area contributed by atoms with Gasteiger partial charge in [0.15, 0.2) is 0 Å². The summed E-state index contributed by atoms with van der Waals surface area (Å²) in [5, 5.41) is 19.7. The minimum Gasteiger partial charge on any atom is -0.485 e. The van der Waals surface area contributed by atoms with Gasteiger partial charge in [-0.05, 0) is 32.9 Å². The van der Waals surface area contributed by atoms with Crippen LogP contribution >= 0.6 is 0 Å². The lowest BCUT2D eigenvalue weighted by atomic mass is 9.84. The van der Waals surface area contributed by atoms with E-state index < -0.39 is 23.7 Å². The van der Waals surface area contributed by atoms with Gasteiger partial charge in [-0.3, -0.25) is 9.69 Å². The summed E-state index contributed by atoms with van der Waals surface area (Å²) in [6, 6.07) is 5.31. The molecule has 1 aromatic rings. The van der Waals surface area contributed by atoms with Crippen LogP contribution in [-0.2, 0) is 11.2 Å². The predicted octanol–water partition coefficient (Wildman–Crippen LogP) is 1.84. The fourth-order valence-electron chi connectivity index (χ4n) is 3.20. The third-order valence-corrected chi connectivity index (χ3v) is 4.06. The van der Waals surface area contributed by atoms with Crippen molar-refractivity contribution in [2.45, 2.75) is 44.9 Å². The van der Waals surface area contributed by atoms with Crippen molar-refractivity contribution < 1.29 is 19.7 Å². The normalized spacial score (nSPS) is 23.5. The molecule has 21 heavy (non-hydrogen) atoms. The second kappa shape index (κ2) is 5.66. The third-order valence-electron chi connectivity index (χ3n) is 4.06. The van der Waals surface area contributed by atoms with Gasteiger partial charge in [0.25, 0.3) is 0 Å². The highest BCUT2D eigenvalue weighted by Crippen LogP contribution is 2.43. The summed E-state index contributed by atoms with van der Waals surface area (Å²) in [4.78, 5) is 12.6. The molecule has 1 aliphatic rings. The van der Waals surface area contributed by atoms with Crippen LogP contribution in [0.4, 0.5) is 0 Å². The quantitative estimate of drug-likeness (QED) is 0.886. The number of rotatable bonds is 4. The van der Waals surface area contributed by atoms with Crippen molar-refractivity contribution in [3.8, 4) is 5.75 Å². The van der Waals surface area contributed by atoms with Crippen molar-refractivity contribution in [3.05, 3.63) is 29.3 Å². The predicted molar refractivity (Wildman–Crippen MR) is 79.5 cm³/mol. The van der Waals surface area contributed by atoms with Crippen molar-refractivity contribution in [2.75, 3.05) is 13.6 Å². The van der Waals surface area contributed by atoms with Gasteiger partial charge in [-0.1, -0.05) is 25.1 Å². The number of aliphatic hydroxyl groups excluding tert-OH is 1. The number of hydrogen-bond donors (Lipinski definition) is 2. The van der Waals surface area contributed by atoms with Crippen LogP contribution in [0.3, 0.4) is 0 Å². The molecule has 2 unspecified atom stereocenters. The molecule has 1 aromatic carbocycles. The summed E-state index contributed by atoms with van der Waals surface area (Å²) >= 11 is 0. The minimum atomic E-state index is -0.923. The van der Waals surface area contributed by atoms with E-state index in [0.717, 1.165) is 23.3 Å². The number of ether oxygens (including phenoxy) is 1. The smallest absolute Gasteiger partial charge is 0.317 e. The zero-order valence-electron chi connectivity index (χ0n) is 13.0. The molecule has 0 spiro atoms. The molecule has 1 aliphatic heterocycles. The van der Waals surface area contributed by atoms with Crippen LogP contribution in [-0.4, -0.2) is 46.3 Å². The Kier molecular flexibility index (Phi) is 4.25. The molecule has 116 valence electrons. The number of likely N-dealkylation sites (N-methyl/N-ethyl adjacent to an activating group) is 1. The maximum Gasteiger partial charge on any atom is 0.317 e. The van der Waals surface area contributed by atoms with E-state index in [1.54, 1.807) is 11.9 Å². The first-order chi connectivity index (χ1) is 9.77. The molecule has 5 nitrogen and oxygen atoms in total. The SMILES string of the molecule is CCc1cccc2c1OC(C)(C)C(N(C)CC(=O)O)C2O. The van der Waals surface area contributed by atoms with Gasteiger partial charge >= 0.3 is 5.97 Å². The zero-order chi connectivity index (χ0) is 15.8. The Morgan fingerprint density at radius 2 is 2.10 bits per heavy atom. The first-order valence-corrected chi connectivity index (χ1v) is 7.18. The van der Waals surface area contributed by atoms with Crippen LogP contribution < -0.4 is 4.74 Å². The second-order valence-corrected chi connectivity index (χ2v) is 6.09. The van der Waals surface area contributed by atoms with E-state index in [1.165, 1.54) is 0 Å². The van der Waals surface area contributed by atoms with Crippen LogP contribution in [0.5, 0.6) is 5.75 Å². The summed E-state index contributed by atoms with van der Waals surface area (Å²) in [6.45, 7) is 5.67. The molecule has 0 amide bonds. The van der Waals surface area contributed by atoms with Gasteiger partial charge in [0, 0.05) is 5.56 Å². The average molecular weight is 293 g/mol. The van der Waals surface area contributed by atoms with E-state index in [2.05, 4.69) is 0 Å². The van der Waals surface area contributed by atoms with Gasteiger partial charge in [-0.2, -0.15) is 0 Å². The van der Waals surface area contributed by atoms with E-state index in [0.29, 0.717) is 0 Å². The summed E-state index contributed by atoms with van der Waals surface area (Å²) in [5.74, 6) is -0.189. The van der Waals surface area contributed by atoms with E-state index in [-0.39, 0.29) is 6.54 Å². The Bertz CT molecular complexity index is 541. The first kappa shape index (κ1) is 15.8. The molecular formula is C16H23NO4. The molecule has 2 rings (SSSR count). The lowest BCUT2D eigenvalue weighted by molar-refractivity contribution is -0.142. The summed E-state index contributed by atoms with van der Waals surface area (Å²) in [5.41, 5.74) is 1.11. The number of carboxylic acid groups (broad SMARTS) is 1. The highest BCUT2D eigenvalue weighted by atomic mass is 16.5. The van der Waals surface area contributed by atoms with Crippen LogP contribution in [0.15, 0.2) is 18.2 Å². The average Bonchev–Trinajstić information content (AvgIpc) is 2.36. The van der Waals surface area contributed by atoms with Crippen LogP contribution in [0.2, 0.25) is 0 Å². The Hall–Kier alpha value is -1.59. The number of benzene rings is 1. The van der Waals surface area contributed by atoms with Gasteiger partial charge in [0.1, 0.15) is 17.5 Å². The molecule has 0 aliphatic carbocycles. The number of aliphatic hydroxyl groups is 1. The maximum atomic E-state index is 11.0. The van der Waals surface area contributed by atoms with E-state index in [1.807, 2.05) is 39.0 Å². The van der Waals surface area contributed by atoms with E-state index in [9.17, 15) is 9.90 Å². The molecule has 0 radical (unpaired) electrons. The Morgan fingerprint density at radius 3 is 2.67 bits per heavy atom. The van der Waals surface area contributed by atoms with E-state index in [4.69, 9.17) is 9.84 Å². The standard InChI is InChI=1S/C16H23NO4/c1-5-10-7-6-8-11-13(20)15(17(4)9-12(18)19)16(2,3)21-14(10)11/h6-8,13,15,20H,5,9H2,1-4H3,(H,18,19).